The number of hydrogen-bond donors (Lipinski definition) is 1. The van der Waals surface area contributed by atoms with Crippen LogP contribution in [-0.2, 0) is 11.3 Å². The first-order valence-electron chi connectivity index (χ1n) is 10.1. The Bertz CT molecular complexity index is 1140. The van der Waals surface area contributed by atoms with Gasteiger partial charge in [-0.25, -0.2) is 15.0 Å². The zero-order chi connectivity index (χ0) is 20.2. The van der Waals surface area contributed by atoms with Crippen LogP contribution in [0.5, 0.6) is 5.88 Å². The monoisotopic (exact) mass is 398 g/mol. The number of benzene rings is 2. The highest BCUT2D eigenvalue weighted by Gasteiger charge is 2.17. The fraction of sp³-hybridized carbons (Fsp3) is 0.208. The van der Waals surface area contributed by atoms with Gasteiger partial charge in [-0.2, -0.15) is 0 Å². The minimum atomic E-state index is 0.0833. The van der Waals surface area contributed by atoms with Crippen molar-refractivity contribution in [1.82, 2.24) is 15.0 Å². The molecule has 0 bridgehead atoms. The van der Waals surface area contributed by atoms with Gasteiger partial charge in [0.2, 0.25) is 5.88 Å². The highest BCUT2D eigenvalue weighted by molar-refractivity contribution is 5.90. The first-order valence-corrected chi connectivity index (χ1v) is 10.1. The molecule has 150 valence electrons. The van der Waals surface area contributed by atoms with Gasteiger partial charge in [0.25, 0.3) is 0 Å². The number of pyridine rings is 1. The topological polar surface area (TPSA) is 69.2 Å². The summed E-state index contributed by atoms with van der Waals surface area (Å²) in [6.07, 6.45) is 2.76. The Morgan fingerprint density at radius 2 is 1.87 bits per heavy atom. The summed E-state index contributed by atoms with van der Waals surface area (Å²) < 4.78 is 11.3. The third-order valence-corrected chi connectivity index (χ3v) is 5.07. The molecule has 1 unspecified atom stereocenters. The van der Waals surface area contributed by atoms with Crippen LogP contribution in [0.4, 0.5) is 5.82 Å². The summed E-state index contributed by atoms with van der Waals surface area (Å²) in [6.45, 7) is 1.98. The lowest BCUT2D eigenvalue weighted by Crippen LogP contribution is -2.16. The molecule has 3 heterocycles. The van der Waals surface area contributed by atoms with E-state index in [9.17, 15) is 0 Å². The van der Waals surface area contributed by atoms with Crippen molar-refractivity contribution in [2.24, 2.45) is 0 Å². The second-order valence-electron chi connectivity index (χ2n) is 7.24. The average Bonchev–Trinajstić information content (AvgIpc) is 3.31. The minimum absolute atomic E-state index is 0.0833. The summed E-state index contributed by atoms with van der Waals surface area (Å²) in [7, 11) is 0. The van der Waals surface area contributed by atoms with E-state index < -0.39 is 0 Å². The van der Waals surface area contributed by atoms with Crippen molar-refractivity contribution < 1.29 is 9.47 Å². The summed E-state index contributed by atoms with van der Waals surface area (Å²) in [5, 5.41) is 4.47. The third-order valence-electron chi connectivity index (χ3n) is 5.07. The number of fused-ring (bicyclic) bond motifs is 1. The lowest BCUT2D eigenvalue weighted by molar-refractivity contribution is 0.138. The molecule has 30 heavy (non-hydrogen) atoms. The van der Waals surface area contributed by atoms with Crippen LogP contribution in [0, 0.1) is 0 Å². The second kappa shape index (κ2) is 8.47. The van der Waals surface area contributed by atoms with E-state index in [1.807, 2.05) is 66.7 Å². The van der Waals surface area contributed by atoms with Gasteiger partial charge in [-0.1, -0.05) is 42.5 Å². The fourth-order valence-corrected chi connectivity index (χ4v) is 3.51. The van der Waals surface area contributed by atoms with Crippen molar-refractivity contribution >= 4 is 16.7 Å². The van der Waals surface area contributed by atoms with Crippen LogP contribution in [0.2, 0.25) is 0 Å². The van der Waals surface area contributed by atoms with Gasteiger partial charge < -0.3 is 14.8 Å². The number of rotatable bonds is 6. The molecule has 2 aromatic carbocycles. The van der Waals surface area contributed by atoms with Gasteiger partial charge in [-0.05, 0) is 23.8 Å². The quantitative estimate of drug-likeness (QED) is 0.517. The number of hydrogen-bond acceptors (Lipinski definition) is 6. The van der Waals surface area contributed by atoms with Gasteiger partial charge in [0, 0.05) is 36.2 Å². The number of anilines is 1. The van der Waals surface area contributed by atoms with Gasteiger partial charge in [-0.15, -0.1) is 0 Å². The van der Waals surface area contributed by atoms with Crippen molar-refractivity contribution in [2.75, 3.05) is 18.5 Å². The van der Waals surface area contributed by atoms with Crippen LogP contribution in [0.25, 0.3) is 22.3 Å². The summed E-state index contributed by atoms with van der Waals surface area (Å²) >= 11 is 0. The maximum atomic E-state index is 5.93. The second-order valence-corrected chi connectivity index (χ2v) is 7.24. The Morgan fingerprint density at radius 3 is 2.73 bits per heavy atom. The highest BCUT2D eigenvalue weighted by atomic mass is 16.5. The molecule has 1 saturated heterocycles. The Hall–Kier alpha value is -3.51. The Kier molecular flexibility index (Phi) is 5.23. The Morgan fingerprint density at radius 1 is 1.00 bits per heavy atom. The molecule has 0 amide bonds. The predicted octanol–water partition coefficient (Wildman–Crippen LogP) is 4.47. The van der Waals surface area contributed by atoms with Crippen LogP contribution in [0.15, 0.2) is 72.9 Å². The smallest absolute Gasteiger partial charge is 0.213 e. The number of ether oxygens (including phenoxy) is 2. The van der Waals surface area contributed by atoms with E-state index in [0.717, 1.165) is 40.9 Å². The first kappa shape index (κ1) is 18.5. The number of nitrogens with one attached hydrogen (secondary N) is 1. The molecule has 0 spiro atoms. The molecule has 1 N–H and O–H groups in total. The molecule has 0 radical (unpaired) electrons. The Balaban J connectivity index is 1.40. The summed E-state index contributed by atoms with van der Waals surface area (Å²) in [5.41, 5.74) is 2.97. The average molecular weight is 398 g/mol. The van der Waals surface area contributed by atoms with Crippen molar-refractivity contribution in [2.45, 2.75) is 19.1 Å². The third kappa shape index (κ3) is 4.09. The van der Waals surface area contributed by atoms with Crippen molar-refractivity contribution in [3.63, 3.8) is 0 Å². The largest absolute Gasteiger partial charge is 0.472 e. The molecular weight excluding hydrogens is 376 g/mol. The van der Waals surface area contributed by atoms with Crippen molar-refractivity contribution in [3.8, 4) is 17.3 Å². The van der Waals surface area contributed by atoms with E-state index in [2.05, 4.69) is 10.3 Å². The number of nitrogens with zero attached hydrogens (tertiary/aromatic N) is 3. The number of aromatic nitrogens is 3. The van der Waals surface area contributed by atoms with Gasteiger partial charge in [0.1, 0.15) is 11.9 Å². The molecule has 1 aliphatic heterocycles. The van der Waals surface area contributed by atoms with E-state index in [1.165, 1.54) is 0 Å². The number of para-hydroxylation sites is 1. The van der Waals surface area contributed by atoms with Gasteiger partial charge in [0.05, 0.1) is 18.7 Å². The van der Waals surface area contributed by atoms with Gasteiger partial charge in [-0.3, -0.25) is 0 Å². The predicted molar refractivity (Wildman–Crippen MR) is 116 cm³/mol. The lowest BCUT2D eigenvalue weighted by atomic mass is 10.2. The first-order chi connectivity index (χ1) is 14.8. The molecule has 5 rings (SSSR count). The van der Waals surface area contributed by atoms with Crippen molar-refractivity contribution in [1.29, 1.82) is 0 Å². The van der Waals surface area contributed by atoms with E-state index in [0.29, 0.717) is 24.9 Å². The van der Waals surface area contributed by atoms with E-state index in [4.69, 9.17) is 19.4 Å². The highest BCUT2D eigenvalue weighted by Crippen LogP contribution is 2.25. The van der Waals surface area contributed by atoms with E-state index >= 15 is 0 Å². The molecular formula is C24H22N4O2. The molecule has 1 aliphatic rings. The zero-order valence-electron chi connectivity index (χ0n) is 16.5. The molecule has 0 saturated carbocycles. The van der Waals surface area contributed by atoms with Crippen LogP contribution in [0.1, 0.15) is 12.0 Å². The molecule has 6 nitrogen and oxygen atoms in total. The SMILES string of the molecule is c1ccc(-c2nc(NCc3ccnc(OC4CCOC4)c3)c3ccccc3n2)cc1. The molecule has 2 aromatic heterocycles. The van der Waals surface area contributed by atoms with Crippen LogP contribution in [-0.4, -0.2) is 34.3 Å². The minimum Gasteiger partial charge on any atom is -0.472 e. The van der Waals surface area contributed by atoms with Crippen molar-refractivity contribution in [3.05, 3.63) is 78.5 Å². The normalized spacial score (nSPS) is 15.9. The van der Waals surface area contributed by atoms with Crippen LogP contribution in [0.3, 0.4) is 0 Å². The molecule has 4 aromatic rings. The van der Waals surface area contributed by atoms with Crippen LogP contribution < -0.4 is 10.1 Å². The fourth-order valence-electron chi connectivity index (χ4n) is 3.51. The maximum Gasteiger partial charge on any atom is 0.213 e. The Labute approximate surface area is 174 Å². The lowest BCUT2D eigenvalue weighted by Gasteiger charge is -2.13. The standard InChI is InChI=1S/C24H22N4O2/c1-2-6-18(7-3-1)23-27-21-9-5-4-8-20(21)24(28-23)26-15-17-10-12-25-22(14-17)30-19-11-13-29-16-19/h1-10,12,14,19H,11,13,15-16H2,(H,26,27,28). The summed E-state index contributed by atoms with van der Waals surface area (Å²) in [4.78, 5) is 13.9. The summed E-state index contributed by atoms with van der Waals surface area (Å²) in [6, 6.07) is 22.0. The summed E-state index contributed by atoms with van der Waals surface area (Å²) in [5.74, 6) is 2.14. The van der Waals surface area contributed by atoms with Gasteiger partial charge >= 0.3 is 0 Å². The molecule has 6 heteroatoms. The van der Waals surface area contributed by atoms with Gasteiger partial charge in [0.15, 0.2) is 5.82 Å². The van der Waals surface area contributed by atoms with E-state index in [-0.39, 0.29) is 6.10 Å². The molecule has 1 fully saturated rings. The van der Waals surface area contributed by atoms with E-state index in [1.54, 1.807) is 6.20 Å². The maximum absolute atomic E-state index is 5.93. The molecule has 0 aliphatic carbocycles. The van der Waals surface area contributed by atoms with Crippen LogP contribution >= 0.6 is 0 Å². The molecule has 1 atom stereocenters. The zero-order valence-corrected chi connectivity index (χ0v) is 16.5.